The van der Waals surface area contributed by atoms with E-state index in [1.54, 1.807) is 6.20 Å². The van der Waals surface area contributed by atoms with Crippen LogP contribution in [0.2, 0.25) is 0 Å². The Morgan fingerprint density at radius 3 is 2.62 bits per heavy atom. The van der Waals surface area contributed by atoms with Crippen LogP contribution in [-0.2, 0) is 0 Å². The molecule has 1 N–H and O–H groups in total. The van der Waals surface area contributed by atoms with Crippen LogP contribution >= 0.6 is 0 Å². The molecule has 0 saturated heterocycles. The first-order valence-electron chi connectivity index (χ1n) is 10.4. The number of aromatic carboxylic acids is 1. The zero-order valence-corrected chi connectivity index (χ0v) is 18.3. The summed E-state index contributed by atoms with van der Waals surface area (Å²) in [5, 5.41) is 9.49. The Morgan fingerprint density at radius 1 is 1.34 bits per heavy atom. The van der Waals surface area contributed by atoms with Crippen molar-refractivity contribution in [3.8, 4) is 0 Å². The first-order chi connectivity index (χ1) is 13.5. The first-order valence-corrected chi connectivity index (χ1v) is 10.4. The number of hydrogen-bond acceptors (Lipinski definition) is 3. The number of fused-ring (bicyclic) bond motifs is 1. The van der Waals surface area contributed by atoms with E-state index in [0.29, 0.717) is 5.92 Å². The first kappa shape index (κ1) is 21.2. The van der Waals surface area contributed by atoms with Gasteiger partial charge in [0.05, 0.1) is 17.4 Å². The van der Waals surface area contributed by atoms with Crippen LogP contribution in [0.25, 0.3) is 5.70 Å². The third kappa shape index (κ3) is 3.96. The number of allylic oxidation sites excluding steroid dienone is 5. The van der Waals surface area contributed by atoms with E-state index < -0.39 is 11.4 Å². The van der Waals surface area contributed by atoms with Crippen LogP contribution in [0.3, 0.4) is 0 Å². The molecular formula is C24H32N2O3. The van der Waals surface area contributed by atoms with E-state index in [-0.39, 0.29) is 17.0 Å². The molecule has 156 valence electrons. The van der Waals surface area contributed by atoms with Gasteiger partial charge in [-0.1, -0.05) is 58.4 Å². The summed E-state index contributed by atoms with van der Waals surface area (Å²) in [5.41, 5.74) is 3.68. The van der Waals surface area contributed by atoms with Crippen molar-refractivity contribution in [2.45, 2.75) is 53.5 Å². The van der Waals surface area contributed by atoms with Gasteiger partial charge in [-0.25, -0.2) is 4.79 Å². The molecule has 1 aliphatic carbocycles. The third-order valence-electron chi connectivity index (χ3n) is 6.27. The van der Waals surface area contributed by atoms with E-state index in [1.807, 2.05) is 4.57 Å². The van der Waals surface area contributed by atoms with Crippen LogP contribution in [0, 0.1) is 11.3 Å². The molecule has 29 heavy (non-hydrogen) atoms. The van der Waals surface area contributed by atoms with Crippen LogP contribution in [0.4, 0.5) is 0 Å². The molecule has 2 aliphatic rings. The van der Waals surface area contributed by atoms with Gasteiger partial charge in [0.1, 0.15) is 5.56 Å². The number of nitrogens with zero attached hydrogens (tertiary/aromatic N) is 2. The Bertz CT molecular complexity index is 973. The lowest BCUT2D eigenvalue weighted by molar-refractivity contribution is 0.0693. The minimum absolute atomic E-state index is 0.0581. The van der Waals surface area contributed by atoms with Gasteiger partial charge in [-0.15, -0.1) is 0 Å². The van der Waals surface area contributed by atoms with Crippen molar-refractivity contribution in [3.63, 3.8) is 0 Å². The fourth-order valence-electron chi connectivity index (χ4n) is 4.28. The Morgan fingerprint density at radius 2 is 2.03 bits per heavy atom. The van der Waals surface area contributed by atoms with Gasteiger partial charge in [-0.05, 0) is 29.7 Å². The molecule has 2 unspecified atom stereocenters. The van der Waals surface area contributed by atoms with Crippen molar-refractivity contribution in [1.29, 1.82) is 0 Å². The molecule has 5 nitrogen and oxygen atoms in total. The van der Waals surface area contributed by atoms with Crippen molar-refractivity contribution in [1.82, 2.24) is 9.47 Å². The minimum Gasteiger partial charge on any atom is -0.477 e. The summed E-state index contributed by atoms with van der Waals surface area (Å²) in [6, 6.07) is 1.57. The highest BCUT2D eigenvalue weighted by atomic mass is 16.4. The molecule has 1 aliphatic heterocycles. The molecule has 3 rings (SSSR count). The van der Waals surface area contributed by atoms with Gasteiger partial charge in [0.25, 0.3) is 0 Å². The van der Waals surface area contributed by atoms with Crippen molar-refractivity contribution >= 4 is 11.7 Å². The van der Waals surface area contributed by atoms with Crippen LogP contribution in [0.15, 0.2) is 46.4 Å². The largest absolute Gasteiger partial charge is 0.477 e. The van der Waals surface area contributed by atoms with Gasteiger partial charge in [-0.2, -0.15) is 0 Å². The van der Waals surface area contributed by atoms with Gasteiger partial charge in [0, 0.05) is 25.9 Å². The SMILES string of the molecule is CCC(C)C1=CC=C/C(=C2\c3cc(=O)c(C(=O)O)cn3C(C(C)(C)C)CN2C)C1. The number of likely N-dealkylation sites (N-methyl/N-ethyl adjacent to an activating group) is 1. The predicted octanol–water partition coefficient (Wildman–Crippen LogP) is 4.72. The van der Waals surface area contributed by atoms with Gasteiger partial charge < -0.3 is 14.6 Å². The summed E-state index contributed by atoms with van der Waals surface area (Å²) in [6.07, 6.45) is 9.88. The zero-order chi connectivity index (χ0) is 21.5. The zero-order valence-electron chi connectivity index (χ0n) is 18.3. The maximum atomic E-state index is 12.6. The average Bonchev–Trinajstić information content (AvgIpc) is 2.65. The molecule has 0 spiro atoms. The van der Waals surface area contributed by atoms with E-state index in [0.717, 1.165) is 30.8 Å². The standard InChI is InChI=1S/C24H32N2O3/c1-7-15(2)16-9-8-10-17(11-16)22-19-12-20(27)18(23(28)29)13-26(19)21(14-25(22)6)24(3,4)5/h8-10,12-13,15,21H,7,11,14H2,1-6H3,(H,28,29)/b22-17-. The van der Waals surface area contributed by atoms with Crippen molar-refractivity contribution < 1.29 is 9.90 Å². The molecule has 0 amide bonds. The van der Waals surface area contributed by atoms with Crippen LogP contribution in [0.1, 0.15) is 69.6 Å². The summed E-state index contributed by atoms with van der Waals surface area (Å²) in [5.74, 6) is -0.672. The second-order valence-electron chi connectivity index (χ2n) is 9.37. The Balaban J connectivity index is 2.23. The molecule has 2 heterocycles. The number of carboxylic acid groups (broad SMARTS) is 1. The number of pyridine rings is 1. The molecule has 1 aromatic rings. The topological polar surface area (TPSA) is 62.5 Å². The van der Waals surface area contributed by atoms with E-state index in [2.05, 4.69) is 64.8 Å². The minimum atomic E-state index is -1.18. The van der Waals surface area contributed by atoms with Gasteiger partial charge in [0.2, 0.25) is 0 Å². The van der Waals surface area contributed by atoms with E-state index >= 15 is 0 Å². The summed E-state index contributed by atoms with van der Waals surface area (Å²) in [4.78, 5) is 26.4. The smallest absolute Gasteiger partial charge is 0.341 e. The van der Waals surface area contributed by atoms with Crippen molar-refractivity contribution in [2.75, 3.05) is 13.6 Å². The summed E-state index contributed by atoms with van der Waals surface area (Å²) >= 11 is 0. The Hall–Kier alpha value is -2.56. The van der Waals surface area contributed by atoms with E-state index in [4.69, 9.17) is 0 Å². The summed E-state index contributed by atoms with van der Waals surface area (Å²) in [6.45, 7) is 11.6. The maximum absolute atomic E-state index is 12.6. The molecule has 2 atom stereocenters. The predicted molar refractivity (Wildman–Crippen MR) is 117 cm³/mol. The van der Waals surface area contributed by atoms with Gasteiger partial charge >= 0.3 is 5.97 Å². The Labute approximate surface area is 173 Å². The third-order valence-corrected chi connectivity index (χ3v) is 6.27. The second kappa shape index (κ2) is 7.69. The number of aromatic nitrogens is 1. The number of rotatable bonds is 3. The molecule has 5 heteroatoms. The van der Waals surface area contributed by atoms with Crippen LogP contribution in [-0.4, -0.2) is 34.1 Å². The lowest BCUT2D eigenvalue weighted by Gasteiger charge is -2.44. The number of carboxylic acids is 1. The Kier molecular flexibility index (Phi) is 5.61. The number of hydrogen-bond donors (Lipinski definition) is 1. The van der Waals surface area contributed by atoms with E-state index in [9.17, 15) is 14.7 Å². The quantitative estimate of drug-likeness (QED) is 0.803. The molecule has 0 saturated carbocycles. The van der Waals surface area contributed by atoms with Crippen molar-refractivity contribution in [3.05, 3.63) is 63.1 Å². The monoisotopic (exact) mass is 396 g/mol. The van der Waals surface area contributed by atoms with Crippen LogP contribution in [0.5, 0.6) is 0 Å². The maximum Gasteiger partial charge on any atom is 0.341 e. The molecule has 0 radical (unpaired) electrons. The summed E-state index contributed by atoms with van der Waals surface area (Å²) in [7, 11) is 2.06. The molecule has 0 fully saturated rings. The highest BCUT2D eigenvalue weighted by Crippen LogP contribution is 2.41. The van der Waals surface area contributed by atoms with E-state index in [1.165, 1.54) is 17.2 Å². The normalized spacial score (nSPS) is 22.9. The average molecular weight is 397 g/mol. The molecule has 0 aromatic carbocycles. The molecule has 1 aromatic heterocycles. The molecular weight excluding hydrogens is 364 g/mol. The molecule has 0 bridgehead atoms. The highest BCUT2D eigenvalue weighted by Gasteiger charge is 2.36. The number of carbonyl (C=O) groups is 1. The lowest BCUT2D eigenvalue weighted by Crippen LogP contribution is -2.42. The fourth-order valence-corrected chi connectivity index (χ4v) is 4.28. The van der Waals surface area contributed by atoms with Crippen molar-refractivity contribution in [2.24, 2.45) is 11.3 Å². The van der Waals surface area contributed by atoms with Gasteiger partial charge in [0.15, 0.2) is 5.43 Å². The van der Waals surface area contributed by atoms with Crippen LogP contribution < -0.4 is 5.43 Å². The summed E-state index contributed by atoms with van der Waals surface area (Å²) < 4.78 is 2.02. The fraction of sp³-hybridized carbons (Fsp3) is 0.500. The highest BCUT2D eigenvalue weighted by molar-refractivity contribution is 5.87. The lowest BCUT2D eigenvalue weighted by atomic mass is 9.83. The second-order valence-corrected chi connectivity index (χ2v) is 9.37. The van der Waals surface area contributed by atoms with Gasteiger partial charge in [-0.3, -0.25) is 4.79 Å².